The highest BCUT2D eigenvalue weighted by atomic mass is 16.6. The van der Waals surface area contributed by atoms with Gasteiger partial charge in [-0.1, -0.05) is 27.7 Å². The first kappa shape index (κ1) is 36.4. The molecule has 2 heterocycles. The Bertz CT molecular complexity index is 1350. The summed E-state index contributed by atoms with van der Waals surface area (Å²) < 4.78 is 42.3. The highest BCUT2D eigenvalue weighted by Gasteiger charge is 2.86. The largest absolute Gasteiger partial charge is 0.472 e. The second-order valence-electron chi connectivity index (χ2n) is 14.0. The minimum Gasteiger partial charge on any atom is -0.472 e. The van der Waals surface area contributed by atoms with Gasteiger partial charge in [0.25, 0.3) is 0 Å². The van der Waals surface area contributed by atoms with Crippen molar-refractivity contribution in [3.63, 3.8) is 0 Å². The lowest BCUT2D eigenvalue weighted by molar-refractivity contribution is -0.355. The Morgan fingerprint density at radius 3 is 2.09 bits per heavy atom. The van der Waals surface area contributed by atoms with Crippen LogP contribution in [0.4, 0.5) is 0 Å². The van der Waals surface area contributed by atoms with Crippen molar-refractivity contribution in [2.45, 2.75) is 129 Å². The SMILES string of the molecule is CCC(C)C(=O)OC[C@]12C(OC(=O)C(C)CC)C[C@@H]3[C@@H](OC(C)=O)[C@]1(OC3(C)C)[C@@](C)(O)C[C@H](OC(C)=O)[C@@H]2OC(=O)c1ccoc1. The Balaban J connectivity index is 2.08. The van der Waals surface area contributed by atoms with Crippen LogP contribution in [0.2, 0.25) is 0 Å². The molecule has 1 aromatic heterocycles. The molecule has 3 fully saturated rings. The van der Waals surface area contributed by atoms with Crippen LogP contribution in [0, 0.1) is 23.2 Å². The summed E-state index contributed by atoms with van der Waals surface area (Å²) in [6.07, 6.45) is -2.36. The number of carbonyl (C=O) groups is 5. The molecule has 262 valence electrons. The van der Waals surface area contributed by atoms with Gasteiger partial charge in [-0.2, -0.15) is 0 Å². The first-order chi connectivity index (χ1) is 21.9. The number of carbonyl (C=O) groups excluding carboxylic acids is 5. The van der Waals surface area contributed by atoms with Crippen LogP contribution in [0.1, 0.15) is 98.4 Å². The Morgan fingerprint density at radius 1 is 0.915 bits per heavy atom. The third kappa shape index (κ3) is 6.16. The number of esters is 5. The lowest BCUT2D eigenvalue weighted by Gasteiger charge is -2.65. The van der Waals surface area contributed by atoms with Gasteiger partial charge in [0, 0.05) is 26.2 Å². The zero-order chi connectivity index (χ0) is 35.1. The van der Waals surface area contributed by atoms with Gasteiger partial charge in [-0.15, -0.1) is 0 Å². The summed E-state index contributed by atoms with van der Waals surface area (Å²) in [5, 5.41) is 12.6. The number of hydrogen-bond donors (Lipinski definition) is 1. The minimum atomic E-state index is -2.02. The van der Waals surface area contributed by atoms with E-state index in [0.717, 1.165) is 6.92 Å². The van der Waals surface area contributed by atoms with Gasteiger partial charge in [0.05, 0.1) is 34.9 Å². The van der Waals surface area contributed by atoms with Gasteiger partial charge >= 0.3 is 29.8 Å². The molecule has 13 nitrogen and oxygen atoms in total. The van der Waals surface area contributed by atoms with Crippen LogP contribution in [0.25, 0.3) is 0 Å². The number of hydrogen-bond acceptors (Lipinski definition) is 13. The Hall–Kier alpha value is -3.45. The normalized spacial score (nSPS) is 35.1. The van der Waals surface area contributed by atoms with E-state index in [1.54, 1.807) is 27.7 Å². The molecule has 1 aliphatic heterocycles. The van der Waals surface area contributed by atoms with E-state index in [4.69, 9.17) is 32.8 Å². The molecule has 1 N–H and O–H groups in total. The summed E-state index contributed by atoms with van der Waals surface area (Å²) in [7, 11) is 0. The summed E-state index contributed by atoms with van der Waals surface area (Å²) in [4.78, 5) is 66.0. The van der Waals surface area contributed by atoms with E-state index in [0.29, 0.717) is 12.8 Å². The maximum Gasteiger partial charge on any atom is 0.341 e. The molecule has 13 heteroatoms. The van der Waals surface area contributed by atoms with Crippen LogP contribution >= 0.6 is 0 Å². The lowest BCUT2D eigenvalue weighted by Crippen LogP contribution is -2.83. The topological polar surface area (TPSA) is 174 Å². The molecule has 4 rings (SSSR count). The predicted molar refractivity (Wildman–Crippen MR) is 162 cm³/mol. The van der Waals surface area contributed by atoms with Crippen molar-refractivity contribution in [3.05, 3.63) is 24.2 Å². The van der Waals surface area contributed by atoms with Gasteiger partial charge in [0.2, 0.25) is 0 Å². The molecule has 2 bridgehead atoms. The van der Waals surface area contributed by atoms with E-state index in [1.807, 2.05) is 13.8 Å². The highest BCUT2D eigenvalue weighted by Crippen LogP contribution is 2.69. The van der Waals surface area contributed by atoms with Gasteiger partial charge in [-0.3, -0.25) is 19.2 Å². The van der Waals surface area contributed by atoms with E-state index in [1.165, 1.54) is 32.4 Å². The first-order valence-electron chi connectivity index (χ1n) is 16.3. The summed E-state index contributed by atoms with van der Waals surface area (Å²) in [5.41, 5.74) is -7.10. The van der Waals surface area contributed by atoms with Gasteiger partial charge in [0.1, 0.15) is 36.6 Å². The van der Waals surface area contributed by atoms with Gasteiger partial charge in [-0.25, -0.2) is 4.79 Å². The van der Waals surface area contributed by atoms with Crippen LogP contribution in [-0.4, -0.2) is 82.8 Å². The smallest absolute Gasteiger partial charge is 0.341 e. The third-order valence-electron chi connectivity index (χ3n) is 10.4. The molecule has 10 atom stereocenters. The molecule has 1 saturated heterocycles. The third-order valence-corrected chi connectivity index (χ3v) is 10.4. The molecule has 2 aliphatic carbocycles. The maximum atomic E-state index is 13.7. The second-order valence-corrected chi connectivity index (χ2v) is 14.0. The van der Waals surface area contributed by atoms with Crippen molar-refractivity contribution in [3.8, 4) is 0 Å². The van der Waals surface area contributed by atoms with Crippen LogP contribution in [0.15, 0.2) is 23.0 Å². The monoisotopic (exact) mass is 664 g/mol. The standard InChI is InChI=1S/C34H48O13/c1-10-18(3)28(37)42-17-33-25(45-29(38)19(4)11-2)14-23-26(44-21(6)36)34(33,47-31(23,7)8)32(9,40)15-24(43-20(5)35)27(33)46-30(39)22-12-13-41-16-22/h12-13,16,18-19,23-27,40H,10-11,14-15,17H2,1-9H3/t18?,19?,23-,24+,25?,26-,27+,32+,33-,34+/m1/s1. The van der Waals surface area contributed by atoms with Crippen molar-refractivity contribution < 1.29 is 61.9 Å². The number of aliphatic hydroxyl groups is 1. The first-order valence-corrected chi connectivity index (χ1v) is 16.3. The molecule has 3 unspecified atom stereocenters. The average molecular weight is 665 g/mol. The summed E-state index contributed by atoms with van der Waals surface area (Å²) in [6.45, 7) is 13.7. The van der Waals surface area contributed by atoms with Crippen LogP contribution < -0.4 is 0 Å². The van der Waals surface area contributed by atoms with Gasteiger partial charge in [-0.05, 0) is 46.1 Å². The zero-order valence-electron chi connectivity index (χ0n) is 28.7. The predicted octanol–water partition coefficient (Wildman–Crippen LogP) is 3.92. The van der Waals surface area contributed by atoms with Crippen molar-refractivity contribution in [1.82, 2.24) is 0 Å². The summed E-state index contributed by atoms with van der Waals surface area (Å²) >= 11 is 0. The number of ether oxygens (including phenoxy) is 6. The molecule has 0 aromatic carbocycles. The van der Waals surface area contributed by atoms with E-state index in [-0.39, 0.29) is 18.4 Å². The van der Waals surface area contributed by atoms with Crippen molar-refractivity contribution in [2.75, 3.05) is 6.61 Å². The molecule has 1 aromatic rings. The zero-order valence-corrected chi connectivity index (χ0v) is 28.7. The summed E-state index contributed by atoms with van der Waals surface area (Å²) in [5.74, 6) is -5.25. The Kier molecular flexibility index (Phi) is 10.2. The Morgan fingerprint density at radius 2 is 1.53 bits per heavy atom. The maximum absolute atomic E-state index is 13.7. The fourth-order valence-electron chi connectivity index (χ4n) is 7.70. The molecule has 3 aliphatic rings. The molecular weight excluding hydrogens is 616 g/mol. The molecule has 2 saturated carbocycles. The van der Waals surface area contributed by atoms with Crippen molar-refractivity contribution in [2.24, 2.45) is 23.2 Å². The summed E-state index contributed by atoms with van der Waals surface area (Å²) in [6, 6.07) is 1.38. The van der Waals surface area contributed by atoms with Gasteiger partial charge < -0.3 is 37.9 Å². The molecule has 47 heavy (non-hydrogen) atoms. The highest BCUT2D eigenvalue weighted by molar-refractivity contribution is 5.89. The van der Waals surface area contributed by atoms with E-state index < -0.39 is 101 Å². The van der Waals surface area contributed by atoms with E-state index in [2.05, 4.69) is 0 Å². The Labute approximate surface area is 274 Å². The van der Waals surface area contributed by atoms with Crippen LogP contribution in [-0.2, 0) is 47.6 Å². The van der Waals surface area contributed by atoms with Crippen molar-refractivity contribution in [1.29, 1.82) is 0 Å². The number of fused-ring (bicyclic) bond motifs is 1. The number of furan rings is 1. The quantitative estimate of drug-likeness (QED) is 0.267. The van der Waals surface area contributed by atoms with Crippen molar-refractivity contribution >= 4 is 29.8 Å². The molecular formula is C34H48O13. The second kappa shape index (κ2) is 13.2. The van der Waals surface area contributed by atoms with Gasteiger partial charge in [0.15, 0.2) is 11.7 Å². The van der Waals surface area contributed by atoms with Crippen LogP contribution in [0.5, 0.6) is 0 Å². The minimum absolute atomic E-state index is 0.00160. The lowest BCUT2D eigenvalue weighted by atomic mass is 9.46. The molecule has 0 radical (unpaired) electrons. The fraction of sp³-hybridized carbons (Fsp3) is 0.735. The fourth-order valence-corrected chi connectivity index (χ4v) is 7.70. The van der Waals surface area contributed by atoms with Crippen LogP contribution in [0.3, 0.4) is 0 Å². The molecule has 1 spiro atoms. The number of rotatable bonds is 11. The van der Waals surface area contributed by atoms with E-state index in [9.17, 15) is 29.1 Å². The average Bonchev–Trinajstić information content (AvgIpc) is 3.58. The molecule has 0 amide bonds. The van der Waals surface area contributed by atoms with E-state index >= 15 is 0 Å².